The van der Waals surface area contributed by atoms with Gasteiger partial charge in [0.2, 0.25) is 5.91 Å². The van der Waals surface area contributed by atoms with Crippen LogP contribution in [-0.2, 0) is 11.3 Å². The number of fused-ring (bicyclic) bond motifs is 3. The zero-order valence-electron chi connectivity index (χ0n) is 18.6. The Morgan fingerprint density at radius 3 is 2.72 bits per heavy atom. The average molecular weight is 437 g/mol. The molecule has 170 valence electrons. The summed E-state index contributed by atoms with van der Waals surface area (Å²) in [6.45, 7) is 3.22. The zero-order chi connectivity index (χ0) is 22.2. The highest BCUT2D eigenvalue weighted by Crippen LogP contribution is 2.49. The van der Waals surface area contributed by atoms with Gasteiger partial charge in [0.1, 0.15) is 0 Å². The molecule has 2 aromatic rings. The Morgan fingerprint density at radius 1 is 1.22 bits per heavy atom. The molecule has 0 aromatic carbocycles. The van der Waals surface area contributed by atoms with Gasteiger partial charge in [-0.25, -0.2) is 0 Å². The van der Waals surface area contributed by atoms with E-state index in [1.807, 2.05) is 28.8 Å². The van der Waals surface area contributed by atoms with Gasteiger partial charge in [0.25, 0.3) is 5.56 Å². The van der Waals surface area contributed by atoms with Crippen molar-refractivity contribution in [2.45, 2.75) is 63.7 Å². The second-order valence-electron chi connectivity index (χ2n) is 9.40. The molecule has 1 saturated heterocycles. The van der Waals surface area contributed by atoms with Crippen LogP contribution in [0.5, 0.6) is 0 Å². The lowest BCUT2D eigenvalue weighted by Crippen LogP contribution is -2.51. The smallest absolute Gasteiger partial charge is 0.258 e. The zero-order valence-corrected chi connectivity index (χ0v) is 18.6. The molecule has 0 unspecified atom stereocenters. The van der Waals surface area contributed by atoms with Crippen molar-refractivity contribution in [2.75, 3.05) is 13.2 Å². The van der Waals surface area contributed by atoms with Gasteiger partial charge in [-0.2, -0.15) is 0 Å². The first-order chi connectivity index (χ1) is 15.6. The number of pyridine rings is 2. The molecule has 1 amide bonds. The maximum atomic E-state index is 13.4. The minimum Gasteiger partial charge on any atom is -0.396 e. The molecule has 7 nitrogen and oxygen atoms in total. The summed E-state index contributed by atoms with van der Waals surface area (Å²) >= 11 is 0. The normalized spacial score (nSPS) is 27.8. The van der Waals surface area contributed by atoms with Gasteiger partial charge < -0.3 is 15.0 Å². The van der Waals surface area contributed by atoms with Crippen LogP contribution in [0.15, 0.2) is 41.5 Å². The van der Waals surface area contributed by atoms with Gasteiger partial charge in [-0.15, -0.1) is 0 Å². The van der Waals surface area contributed by atoms with E-state index in [0.29, 0.717) is 18.7 Å². The first-order valence-corrected chi connectivity index (χ1v) is 11.9. The van der Waals surface area contributed by atoms with Gasteiger partial charge in [-0.3, -0.25) is 19.5 Å². The van der Waals surface area contributed by atoms with E-state index in [-0.39, 0.29) is 48.0 Å². The Labute approximate surface area is 188 Å². The molecule has 0 bridgehead atoms. The molecule has 1 aliphatic carbocycles. The number of amides is 1. The molecule has 2 aromatic heterocycles. The number of aromatic nitrogens is 2. The Morgan fingerprint density at radius 2 is 2.03 bits per heavy atom. The van der Waals surface area contributed by atoms with E-state index in [0.717, 1.165) is 36.9 Å². The Bertz CT molecular complexity index is 1030. The van der Waals surface area contributed by atoms with E-state index in [1.54, 1.807) is 12.4 Å². The first-order valence-electron chi connectivity index (χ1n) is 11.9. The van der Waals surface area contributed by atoms with Gasteiger partial charge in [-0.1, -0.05) is 32.3 Å². The van der Waals surface area contributed by atoms with Crippen molar-refractivity contribution in [1.29, 1.82) is 0 Å². The maximum absolute atomic E-state index is 13.4. The fourth-order valence-corrected chi connectivity index (χ4v) is 6.26. The van der Waals surface area contributed by atoms with E-state index < -0.39 is 0 Å². The summed E-state index contributed by atoms with van der Waals surface area (Å²) in [5, 5.41) is 13.6. The predicted octanol–water partition coefficient (Wildman–Crippen LogP) is 2.34. The number of hydrogen-bond donors (Lipinski definition) is 2. The third-order valence-electron chi connectivity index (χ3n) is 7.75. The van der Waals surface area contributed by atoms with Crippen molar-refractivity contribution in [3.63, 3.8) is 0 Å². The van der Waals surface area contributed by atoms with Gasteiger partial charge in [0, 0.05) is 60.2 Å². The highest BCUT2D eigenvalue weighted by molar-refractivity contribution is 5.83. The molecule has 7 heteroatoms. The van der Waals surface area contributed by atoms with Crippen LogP contribution in [0.25, 0.3) is 11.1 Å². The largest absolute Gasteiger partial charge is 0.396 e. The summed E-state index contributed by atoms with van der Waals surface area (Å²) in [6.07, 6.45) is 9.05. The minimum atomic E-state index is -0.358. The summed E-state index contributed by atoms with van der Waals surface area (Å²) in [6, 6.07) is 7.48. The highest BCUT2D eigenvalue weighted by Gasteiger charge is 2.55. The van der Waals surface area contributed by atoms with Crippen LogP contribution in [-0.4, -0.2) is 50.7 Å². The fourth-order valence-electron chi connectivity index (χ4n) is 6.26. The molecule has 5 rings (SSSR count). The molecule has 2 N–H and O–H groups in total. The fraction of sp³-hybridized carbons (Fsp3) is 0.560. The summed E-state index contributed by atoms with van der Waals surface area (Å²) in [5.41, 5.74) is 2.36. The Kier molecular flexibility index (Phi) is 5.86. The molecule has 2 aliphatic heterocycles. The third kappa shape index (κ3) is 3.48. The van der Waals surface area contributed by atoms with Gasteiger partial charge in [0.05, 0.1) is 12.1 Å². The van der Waals surface area contributed by atoms with Crippen molar-refractivity contribution >= 4 is 5.91 Å². The molecule has 4 atom stereocenters. The molecule has 4 heterocycles. The number of nitrogens with zero attached hydrogens (tertiary/aromatic N) is 3. The van der Waals surface area contributed by atoms with Crippen LogP contribution < -0.4 is 10.9 Å². The lowest BCUT2D eigenvalue weighted by atomic mass is 9.87. The number of nitrogens with one attached hydrogen (secondary N) is 1. The number of hydrogen-bond acceptors (Lipinski definition) is 5. The molecular formula is C25H32N4O3. The minimum absolute atomic E-state index is 0.0270. The molecular weight excluding hydrogens is 404 g/mol. The third-order valence-corrected chi connectivity index (χ3v) is 7.75. The number of carbonyl (C=O) groups excluding carboxylic acids is 1. The molecule has 2 fully saturated rings. The van der Waals surface area contributed by atoms with Crippen LogP contribution in [0.2, 0.25) is 0 Å². The van der Waals surface area contributed by atoms with Crippen LogP contribution in [0.4, 0.5) is 0 Å². The number of rotatable bonds is 5. The average Bonchev–Trinajstić information content (AvgIpc) is 3.35. The van der Waals surface area contributed by atoms with E-state index in [9.17, 15) is 14.7 Å². The molecule has 32 heavy (non-hydrogen) atoms. The number of likely N-dealkylation sites (N-methyl/N-ethyl adjacent to an activating group) is 1. The molecule has 1 saturated carbocycles. The lowest BCUT2D eigenvalue weighted by Gasteiger charge is -2.32. The molecule has 0 spiro atoms. The standard InChI is InChI=1S/C25H32N4O3/c1-2-28-22-19(20(15-30)23(28)24(31)27-17-8-4-3-5-9-17)14-29-21(22)11-10-18(25(29)32)16-7-6-12-26-13-16/h6-7,10-13,17,19-20,22-23,30H,2-5,8-9,14-15H2,1H3,(H,27,31)/t19-,20-,22+,23-/m1/s1. The number of carbonyl (C=O) groups is 1. The Hall–Kier alpha value is -2.51. The van der Waals surface area contributed by atoms with Gasteiger partial charge >= 0.3 is 0 Å². The van der Waals surface area contributed by atoms with E-state index >= 15 is 0 Å². The van der Waals surface area contributed by atoms with Crippen LogP contribution in [0, 0.1) is 11.8 Å². The van der Waals surface area contributed by atoms with Crippen molar-refractivity contribution in [2.24, 2.45) is 11.8 Å². The number of aliphatic hydroxyl groups is 1. The molecule has 3 aliphatic rings. The summed E-state index contributed by atoms with van der Waals surface area (Å²) < 4.78 is 1.85. The lowest BCUT2D eigenvalue weighted by molar-refractivity contribution is -0.128. The Balaban J connectivity index is 1.46. The predicted molar refractivity (Wildman–Crippen MR) is 122 cm³/mol. The number of likely N-dealkylation sites (tertiary alicyclic amines) is 1. The number of aliphatic hydroxyl groups excluding tert-OH is 1. The highest BCUT2D eigenvalue weighted by atomic mass is 16.3. The summed E-state index contributed by atoms with van der Waals surface area (Å²) in [7, 11) is 0. The second-order valence-corrected chi connectivity index (χ2v) is 9.40. The summed E-state index contributed by atoms with van der Waals surface area (Å²) in [4.78, 5) is 33.0. The van der Waals surface area contributed by atoms with E-state index in [4.69, 9.17) is 0 Å². The SMILES string of the molecule is CCN1[C@@H]2c3ccc(-c4cccnc4)c(=O)n3C[C@@H]2[C@@H](CO)[C@@H]1C(=O)NC1CCCCC1. The monoisotopic (exact) mass is 436 g/mol. The van der Waals surface area contributed by atoms with Gasteiger partial charge in [0.15, 0.2) is 0 Å². The second kappa shape index (κ2) is 8.79. The van der Waals surface area contributed by atoms with Crippen molar-refractivity contribution in [3.8, 4) is 11.1 Å². The molecule has 0 radical (unpaired) electrons. The van der Waals surface area contributed by atoms with Crippen molar-refractivity contribution in [1.82, 2.24) is 19.8 Å². The van der Waals surface area contributed by atoms with Crippen LogP contribution in [0.3, 0.4) is 0 Å². The van der Waals surface area contributed by atoms with E-state index in [2.05, 4.69) is 22.1 Å². The quantitative estimate of drug-likeness (QED) is 0.751. The van der Waals surface area contributed by atoms with Crippen LogP contribution in [0.1, 0.15) is 50.8 Å². The maximum Gasteiger partial charge on any atom is 0.258 e. The van der Waals surface area contributed by atoms with Gasteiger partial charge in [-0.05, 0) is 37.6 Å². The van der Waals surface area contributed by atoms with Crippen LogP contribution >= 0.6 is 0 Å². The first kappa shape index (κ1) is 21.3. The summed E-state index contributed by atoms with van der Waals surface area (Å²) in [5.74, 6) is -0.114. The van der Waals surface area contributed by atoms with E-state index in [1.165, 1.54) is 6.42 Å². The van der Waals surface area contributed by atoms with Crippen molar-refractivity contribution < 1.29 is 9.90 Å². The topological polar surface area (TPSA) is 87.5 Å². The van der Waals surface area contributed by atoms with Crippen molar-refractivity contribution in [3.05, 3.63) is 52.7 Å².